The van der Waals surface area contributed by atoms with Crippen molar-refractivity contribution < 1.29 is 40.5 Å². The van der Waals surface area contributed by atoms with Gasteiger partial charge in [-0.05, 0) is 11.0 Å². The minimum absolute atomic E-state index is 0.291. The predicted octanol–water partition coefficient (Wildman–Crippen LogP) is 2.72. The summed E-state index contributed by atoms with van der Waals surface area (Å²) in [5.41, 5.74) is -5.13. The molecule has 0 spiro atoms. The fourth-order valence-electron chi connectivity index (χ4n) is 2.31. The molecule has 0 radical (unpaired) electrons. The van der Waals surface area contributed by atoms with Gasteiger partial charge in [0.15, 0.2) is 35.6 Å². The van der Waals surface area contributed by atoms with Gasteiger partial charge in [0.25, 0.3) is 5.91 Å². The fourth-order valence-corrected chi connectivity index (χ4v) is 2.31. The van der Waals surface area contributed by atoms with E-state index in [1.54, 1.807) is 0 Å². The minimum atomic E-state index is -5.73. The monoisotopic (exact) mass is 453 g/mol. The Morgan fingerprint density at radius 1 is 1.06 bits per heavy atom. The van der Waals surface area contributed by atoms with Crippen LogP contribution in [0.2, 0.25) is 0 Å². The van der Waals surface area contributed by atoms with Gasteiger partial charge in [-0.15, -0.1) is 0 Å². The summed E-state index contributed by atoms with van der Waals surface area (Å²) in [6, 6.07) is 0.979. The Morgan fingerprint density at radius 2 is 1.68 bits per heavy atom. The van der Waals surface area contributed by atoms with Crippen LogP contribution in [0.25, 0.3) is 0 Å². The summed E-state index contributed by atoms with van der Waals surface area (Å²) >= 11 is 0. The summed E-state index contributed by atoms with van der Waals surface area (Å²) in [6.45, 7) is -0.291. The van der Waals surface area contributed by atoms with Crippen LogP contribution in [0.4, 0.5) is 42.4 Å². The molecule has 31 heavy (non-hydrogen) atoms. The van der Waals surface area contributed by atoms with Crippen molar-refractivity contribution in [2.24, 2.45) is 0 Å². The van der Waals surface area contributed by atoms with Crippen LogP contribution in [-0.4, -0.2) is 35.4 Å². The van der Waals surface area contributed by atoms with Gasteiger partial charge >= 0.3 is 12.1 Å². The standard InChI is InChI=1S/C14H6F7N7O3/c15-7-6(14(19,20)21)8(16)10(18)11(9(7)17)23-12(29)5-1-2-26(24-5)4-27-3-22-13(25-27)28(30)31/h1-3H,4H2,(H,23,29). The van der Waals surface area contributed by atoms with E-state index < -0.39 is 63.2 Å². The van der Waals surface area contributed by atoms with E-state index in [2.05, 4.69) is 15.2 Å². The van der Waals surface area contributed by atoms with Crippen LogP contribution < -0.4 is 5.32 Å². The third-order valence-corrected chi connectivity index (χ3v) is 3.64. The third kappa shape index (κ3) is 4.14. The second kappa shape index (κ2) is 7.65. The summed E-state index contributed by atoms with van der Waals surface area (Å²) in [5, 5.41) is 19.1. The van der Waals surface area contributed by atoms with Crippen LogP contribution in [0.15, 0.2) is 18.6 Å². The first-order chi connectivity index (χ1) is 14.4. The molecule has 0 atom stereocenters. The Bertz CT molecular complexity index is 1160. The first-order valence-electron chi connectivity index (χ1n) is 7.72. The van der Waals surface area contributed by atoms with Crippen molar-refractivity contribution in [1.29, 1.82) is 0 Å². The Labute approximate surface area is 165 Å². The predicted molar refractivity (Wildman–Crippen MR) is 83.5 cm³/mol. The largest absolute Gasteiger partial charge is 0.491 e. The van der Waals surface area contributed by atoms with Gasteiger partial charge in [0.1, 0.15) is 11.3 Å². The van der Waals surface area contributed by atoms with Crippen LogP contribution in [0.3, 0.4) is 0 Å². The van der Waals surface area contributed by atoms with E-state index >= 15 is 0 Å². The van der Waals surface area contributed by atoms with Gasteiger partial charge in [-0.2, -0.15) is 23.0 Å². The van der Waals surface area contributed by atoms with E-state index in [9.17, 15) is 45.6 Å². The van der Waals surface area contributed by atoms with Crippen LogP contribution >= 0.6 is 0 Å². The van der Waals surface area contributed by atoms with Crippen LogP contribution in [0.5, 0.6) is 0 Å². The van der Waals surface area contributed by atoms with E-state index in [0.717, 1.165) is 28.0 Å². The first-order valence-corrected chi connectivity index (χ1v) is 7.72. The van der Waals surface area contributed by atoms with E-state index in [4.69, 9.17) is 0 Å². The zero-order chi connectivity index (χ0) is 23.1. The summed E-state index contributed by atoms with van der Waals surface area (Å²) in [7, 11) is 0. The molecule has 1 aromatic carbocycles. The van der Waals surface area contributed by atoms with Gasteiger partial charge in [-0.3, -0.25) is 4.79 Å². The van der Waals surface area contributed by atoms with Gasteiger partial charge in [0.05, 0.1) is 0 Å². The number of hydrogen-bond donors (Lipinski definition) is 1. The van der Waals surface area contributed by atoms with Crippen molar-refractivity contribution in [3.8, 4) is 0 Å². The molecule has 0 saturated carbocycles. The number of nitrogens with zero attached hydrogens (tertiary/aromatic N) is 6. The number of carbonyl (C=O) groups excluding carboxylic acids is 1. The maximum atomic E-state index is 13.9. The van der Waals surface area contributed by atoms with E-state index in [1.807, 2.05) is 0 Å². The van der Waals surface area contributed by atoms with E-state index in [1.165, 1.54) is 5.32 Å². The average molecular weight is 453 g/mol. The molecule has 3 aromatic rings. The van der Waals surface area contributed by atoms with Crippen molar-refractivity contribution >= 4 is 17.5 Å². The van der Waals surface area contributed by atoms with Crippen molar-refractivity contribution in [3.05, 3.63) is 63.2 Å². The van der Waals surface area contributed by atoms with Gasteiger partial charge in [0, 0.05) is 11.3 Å². The first kappa shape index (κ1) is 21.7. The van der Waals surface area contributed by atoms with Crippen molar-refractivity contribution in [2.75, 3.05) is 5.32 Å². The number of anilines is 1. The quantitative estimate of drug-likeness (QED) is 0.275. The lowest BCUT2D eigenvalue weighted by Crippen LogP contribution is -2.21. The Hall–Kier alpha value is -4.05. The minimum Gasteiger partial charge on any atom is -0.390 e. The Morgan fingerprint density at radius 3 is 2.19 bits per heavy atom. The molecule has 0 aliphatic heterocycles. The molecule has 0 fully saturated rings. The molecule has 1 amide bonds. The highest BCUT2D eigenvalue weighted by atomic mass is 19.4. The summed E-state index contributed by atoms with van der Waals surface area (Å²) < 4.78 is 94.7. The molecule has 3 rings (SSSR count). The number of carbonyl (C=O) groups is 1. The number of rotatable bonds is 5. The summed E-state index contributed by atoms with van der Waals surface area (Å²) in [5.74, 6) is -12.5. The molecule has 10 nitrogen and oxygen atoms in total. The number of benzene rings is 1. The van der Waals surface area contributed by atoms with Gasteiger partial charge in [-0.25, -0.2) is 22.2 Å². The SMILES string of the molecule is O=C(Nc1c(F)c(F)c(C(F)(F)F)c(F)c1F)c1ccn(Cn2cnc([N+](=O)[O-])n2)n1. The number of nitro groups is 1. The maximum Gasteiger partial charge on any atom is 0.491 e. The second-order valence-corrected chi connectivity index (χ2v) is 5.68. The van der Waals surface area contributed by atoms with Crippen molar-refractivity contribution in [2.45, 2.75) is 12.8 Å². The zero-order valence-corrected chi connectivity index (χ0v) is 14.5. The average Bonchev–Trinajstić information content (AvgIpc) is 3.32. The molecule has 2 aromatic heterocycles. The third-order valence-electron chi connectivity index (χ3n) is 3.64. The molecule has 2 heterocycles. The maximum absolute atomic E-state index is 13.9. The highest BCUT2D eigenvalue weighted by molar-refractivity contribution is 6.03. The van der Waals surface area contributed by atoms with Crippen molar-refractivity contribution in [1.82, 2.24) is 24.5 Å². The summed E-state index contributed by atoms with van der Waals surface area (Å²) in [4.78, 5) is 25.1. The number of nitrogens with one attached hydrogen (secondary N) is 1. The number of amides is 1. The summed E-state index contributed by atoms with van der Waals surface area (Å²) in [6.07, 6.45) is -3.63. The molecule has 17 heteroatoms. The Kier molecular flexibility index (Phi) is 5.34. The van der Waals surface area contributed by atoms with Crippen LogP contribution in [0.1, 0.15) is 16.1 Å². The smallest absolute Gasteiger partial charge is 0.390 e. The highest BCUT2D eigenvalue weighted by Crippen LogP contribution is 2.38. The zero-order valence-electron chi connectivity index (χ0n) is 14.5. The molecular weight excluding hydrogens is 447 g/mol. The van der Waals surface area contributed by atoms with Gasteiger partial charge < -0.3 is 15.4 Å². The number of aromatic nitrogens is 5. The molecule has 0 aliphatic rings. The molecular formula is C14H6F7N7O3. The lowest BCUT2D eigenvalue weighted by atomic mass is 10.1. The number of hydrogen-bond acceptors (Lipinski definition) is 6. The Balaban J connectivity index is 1.83. The second-order valence-electron chi connectivity index (χ2n) is 5.68. The molecule has 0 aliphatic carbocycles. The topological polar surface area (TPSA) is 121 Å². The van der Waals surface area contributed by atoms with Gasteiger partial charge in [-0.1, -0.05) is 4.98 Å². The lowest BCUT2D eigenvalue weighted by Gasteiger charge is -2.14. The highest BCUT2D eigenvalue weighted by Gasteiger charge is 2.42. The molecule has 164 valence electrons. The van der Waals surface area contributed by atoms with Crippen molar-refractivity contribution in [3.63, 3.8) is 0 Å². The van der Waals surface area contributed by atoms with E-state index in [-0.39, 0.29) is 6.67 Å². The number of alkyl halides is 3. The van der Waals surface area contributed by atoms with Crippen LogP contribution in [-0.2, 0) is 12.8 Å². The molecule has 0 bridgehead atoms. The molecule has 0 unspecified atom stereocenters. The number of halogens is 7. The molecule has 0 saturated heterocycles. The lowest BCUT2D eigenvalue weighted by molar-refractivity contribution is -0.394. The van der Waals surface area contributed by atoms with Crippen LogP contribution in [0, 0.1) is 33.4 Å². The normalized spacial score (nSPS) is 11.6. The van der Waals surface area contributed by atoms with Gasteiger partial charge in [0.2, 0.25) is 6.33 Å². The van der Waals surface area contributed by atoms with E-state index in [0.29, 0.717) is 0 Å². The fraction of sp³-hybridized carbons (Fsp3) is 0.143. The molecule has 1 N–H and O–H groups in total.